The number of thiophene rings is 1. The van der Waals surface area contributed by atoms with Crippen molar-refractivity contribution in [2.24, 2.45) is 0 Å². The molecule has 0 radical (unpaired) electrons. The van der Waals surface area contributed by atoms with Crippen LogP contribution in [0.1, 0.15) is 29.4 Å². The number of hydrogen-bond donors (Lipinski definition) is 1. The van der Waals surface area contributed by atoms with Crippen LogP contribution >= 0.6 is 27.3 Å². The Balaban J connectivity index is 2.89. The van der Waals surface area contributed by atoms with Crippen LogP contribution < -0.4 is 5.73 Å². The summed E-state index contributed by atoms with van der Waals surface area (Å²) in [6.45, 7) is 5.78. The van der Waals surface area contributed by atoms with Crippen molar-refractivity contribution in [1.29, 1.82) is 0 Å². The Hall–Kier alpha value is -0.610. The Bertz CT molecular complexity index is 370. The van der Waals surface area contributed by atoms with Crippen molar-refractivity contribution < 1.29 is 4.79 Å². The summed E-state index contributed by atoms with van der Waals surface area (Å²) >= 11 is 4.65. The van der Waals surface area contributed by atoms with Crippen LogP contribution in [0.4, 0.5) is 5.69 Å². The number of allylic oxidation sites excluding steroid dienone is 1. The van der Waals surface area contributed by atoms with Gasteiger partial charge in [-0.3, -0.25) is 4.79 Å². The van der Waals surface area contributed by atoms with E-state index in [1.54, 1.807) is 6.07 Å². The smallest absolute Gasteiger partial charge is 0.200 e. The zero-order chi connectivity index (χ0) is 10.7. The molecular weight excluding hydrogens is 262 g/mol. The second kappa shape index (κ2) is 4.75. The molecule has 0 aromatic carbocycles. The standard InChI is InChI=1S/C10H12BrNOS/c1-3-4-6(2)9(13)10-7(12)5-8(11)14-10/h5H,2-4,12H2,1H3. The lowest BCUT2D eigenvalue weighted by molar-refractivity contribution is 0.103. The summed E-state index contributed by atoms with van der Waals surface area (Å²) in [5.74, 6) is -0.0277. The fourth-order valence-electron chi connectivity index (χ4n) is 1.13. The van der Waals surface area contributed by atoms with Crippen LogP contribution in [0, 0.1) is 0 Å². The molecule has 1 rings (SSSR count). The van der Waals surface area contributed by atoms with E-state index in [0.29, 0.717) is 16.1 Å². The lowest BCUT2D eigenvalue weighted by Crippen LogP contribution is -2.02. The van der Waals surface area contributed by atoms with Gasteiger partial charge < -0.3 is 5.73 Å². The van der Waals surface area contributed by atoms with E-state index in [1.165, 1.54) is 11.3 Å². The van der Waals surface area contributed by atoms with Crippen molar-refractivity contribution in [3.63, 3.8) is 0 Å². The summed E-state index contributed by atoms with van der Waals surface area (Å²) in [7, 11) is 0. The second-order valence-electron chi connectivity index (χ2n) is 3.02. The lowest BCUT2D eigenvalue weighted by atomic mass is 10.1. The number of carbonyl (C=O) groups excluding carboxylic acids is 1. The number of hydrogen-bond acceptors (Lipinski definition) is 3. The molecule has 0 aliphatic heterocycles. The molecule has 4 heteroatoms. The minimum atomic E-state index is -0.0277. The second-order valence-corrected chi connectivity index (χ2v) is 5.45. The molecule has 0 bridgehead atoms. The van der Waals surface area contributed by atoms with Gasteiger partial charge in [-0.15, -0.1) is 11.3 Å². The predicted octanol–water partition coefficient (Wildman–Crippen LogP) is 3.63. The largest absolute Gasteiger partial charge is 0.397 e. The van der Waals surface area contributed by atoms with E-state index < -0.39 is 0 Å². The molecular formula is C10H12BrNOS. The first kappa shape index (κ1) is 11.5. The highest BCUT2D eigenvalue weighted by atomic mass is 79.9. The molecule has 0 aliphatic carbocycles. The van der Waals surface area contributed by atoms with E-state index in [2.05, 4.69) is 22.5 Å². The van der Waals surface area contributed by atoms with Gasteiger partial charge in [-0.2, -0.15) is 0 Å². The van der Waals surface area contributed by atoms with Crippen molar-refractivity contribution in [1.82, 2.24) is 0 Å². The van der Waals surface area contributed by atoms with Gasteiger partial charge in [0.1, 0.15) is 0 Å². The number of rotatable bonds is 4. The van der Waals surface area contributed by atoms with Gasteiger partial charge in [0.15, 0.2) is 5.78 Å². The van der Waals surface area contributed by atoms with Crippen LogP contribution in [0.15, 0.2) is 22.0 Å². The molecule has 0 saturated heterocycles. The Kier molecular flexibility index (Phi) is 3.89. The zero-order valence-corrected chi connectivity index (χ0v) is 10.4. The number of nitrogens with two attached hydrogens (primary N) is 1. The number of ketones is 1. The Labute approximate surface area is 95.9 Å². The number of anilines is 1. The molecule has 1 aromatic heterocycles. The first-order chi connectivity index (χ1) is 6.56. The third-order valence-electron chi connectivity index (χ3n) is 1.81. The van der Waals surface area contributed by atoms with Crippen molar-refractivity contribution in [2.75, 3.05) is 5.73 Å². The molecule has 0 fully saturated rings. The third kappa shape index (κ3) is 2.45. The number of halogens is 1. The molecule has 0 aliphatic rings. The van der Waals surface area contributed by atoms with E-state index in [9.17, 15) is 4.79 Å². The fraction of sp³-hybridized carbons (Fsp3) is 0.300. The Morgan fingerprint density at radius 2 is 2.36 bits per heavy atom. The van der Waals surface area contributed by atoms with E-state index in [0.717, 1.165) is 16.6 Å². The molecule has 76 valence electrons. The molecule has 1 aromatic rings. The van der Waals surface area contributed by atoms with Gasteiger partial charge in [0.2, 0.25) is 0 Å². The van der Waals surface area contributed by atoms with Crippen LogP contribution in [-0.4, -0.2) is 5.78 Å². The SMILES string of the molecule is C=C(CCC)C(=O)c1sc(Br)cc1N. The van der Waals surface area contributed by atoms with Gasteiger partial charge in [-0.05, 0) is 34.0 Å². The molecule has 1 heterocycles. The number of carbonyl (C=O) groups is 1. The molecule has 2 N–H and O–H groups in total. The molecule has 0 unspecified atom stereocenters. The summed E-state index contributed by atoms with van der Waals surface area (Å²) in [4.78, 5) is 12.4. The van der Waals surface area contributed by atoms with Crippen molar-refractivity contribution >= 4 is 38.7 Å². The molecule has 0 atom stereocenters. The minimum absolute atomic E-state index is 0.0277. The van der Waals surface area contributed by atoms with Gasteiger partial charge in [-0.25, -0.2) is 0 Å². The molecule has 2 nitrogen and oxygen atoms in total. The van der Waals surface area contributed by atoms with Crippen molar-refractivity contribution in [3.05, 3.63) is 26.9 Å². The maximum Gasteiger partial charge on any atom is 0.200 e. The van der Waals surface area contributed by atoms with Gasteiger partial charge in [0, 0.05) is 0 Å². The van der Waals surface area contributed by atoms with Crippen LogP contribution in [0.5, 0.6) is 0 Å². The molecule has 0 spiro atoms. The van der Waals surface area contributed by atoms with Gasteiger partial charge >= 0.3 is 0 Å². The first-order valence-electron chi connectivity index (χ1n) is 4.33. The summed E-state index contributed by atoms with van der Waals surface area (Å²) in [5, 5.41) is 0. The van der Waals surface area contributed by atoms with E-state index in [4.69, 9.17) is 5.73 Å². The summed E-state index contributed by atoms with van der Waals surface area (Å²) in [6, 6.07) is 1.75. The van der Waals surface area contributed by atoms with E-state index in [-0.39, 0.29) is 5.78 Å². The third-order valence-corrected chi connectivity index (χ3v) is 3.46. The van der Waals surface area contributed by atoms with Crippen molar-refractivity contribution in [3.8, 4) is 0 Å². The van der Waals surface area contributed by atoms with Crippen LogP contribution in [0.25, 0.3) is 0 Å². The van der Waals surface area contributed by atoms with Crippen molar-refractivity contribution in [2.45, 2.75) is 19.8 Å². The van der Waals surface area contributed by atoms with E-state index in [1.807, 2.05) is 6.92 Å². The van der Waals surface area contributed by atoms with Gasteiger partial charge in [0.05, 0.1) is 14.4 Å². The van der Waals surface area contributed by atoms with Gasteiger partial charge in [-0.1, -0.05) is 19.9 Å². The predicted molar refractivity (Wildman–Crippen MR) is 64.8 cm³/mol. The average molecular weight is 274 g/mol. The molecule has 0 saturated carbocycles. The Morgan fingerprint density at radius 3 is 2.79 bits per heavy atom. The fourth-order valence-corrected chi connectivity index (χ4v) is 2.65. The highest BCUT2D eigenvalue weighted by Crippen LogP contribution is 2.31. The monoisotopic (exact) mass is 273 g/mol. The maximum atomic E-state index is 11.8. The lowest BCUT2D eigenvalue weighted by Gasteiger charge is -2.01. The van der Waals surface area contributed by atoms with E-state index >= 15 is 0 Å². The number of Topliss-reactive ketones (excluding diaryl/α,β-unsaturated/α-hetero) is 1. The Morgan fingerprint density at radius 1 is 1.71 bits per heavy atom. The first-order valence-corrected chi connectivity index (χ1v) is 5.94. The normalized spacial score (nSPS) is 10.1. The van der Waals surface area contributed by atoms with Crippen LogP contribution in [-0.2, 0) is 0 Å². The topological polar surface area (TPSA) is 43.1 Å². The molecule has 14 heavy (non-hydrogen) atoms. The zero-order valence-electron chi connectivity index (χ0n) is 7.97. The van der Waals surface area contributed by atoms with Crippen LogP contribution in [0.3, 0.4) is 0 Å². The highest BCUT2D eigenvalue weighted by Gasteiger charge is 2.15. The molecule has 0 amide bonds. The van der Waals surface area contributed by atoms with Gasteiger partial charge in [0.25, 0.3) is 0 Å². The van der Waals surface area contributed by atoms with Crippen LogP contribution in [0.2, 0.25) is 0 Å². The number of nitrogen functional groups attached to an aromatic ring is 1. The summed E-state index contributed by atoms with van der Waals surface area (Å²) in [6.07, 6.45) is 1.66. The maximum absolute atomic E-state index is 11.8. The highest BCUT2D eigenvalue weighted by molar-refractivity contribution is 9.11. The quantitative estimate of drug-likeness (QED) is 0.673. The minimum Gasteiger partial charge on any atom is -0.397 e. The average Bonchev–Trinajstić information content (AvgIpc) is 2.44. The summed E-state index contributed by atoms with van der Waals surface area (Å²) < 4.78 is 0.877. The summed E-state index contributed by atoms with van der Waals surface area (Å²) in [5.41, 5.74) is 6.86.